The molecule has 0 spiro atoms. The fourth-order valence-electron chi connectivity index (χ4n) is 3.24. The second-order valence-corrected chi connectivity index (χ2v) is 5.75. The van der Waals surface area contributed by atoms with E-state index in [0.29, 0.717) is 0 Å². The van der Waals surface area contributed by atoms with Crippen molar-refractivity contribution >= 4 is 10.8 Å². The fraction of sp³-hybridized carbons (Fsp3) is 0.471. The van der Waals surface area contributed by atoms with Crippen LogP contribution in [-0.4, -0.2) is 22.7 Å². The van der Waals surface area contributed by atoms with Gasteiger partial charge in [-0.25, -0.2) is 0 Å². The lowest BCUT2D eigenvalue weighted by molar-refractivity contribution is 0.0988. The van der Waals surface area contributed by atoms with Crippen molar-refractivity contribution in [2.45, 2.75) is 38.3 Å². The van der Waals surface area contributed by atoms with Crippen molar-refractivity contribution in [1.82, 2.24) is 10.3 Å². The van der Waals surface area contributed by atoms with Gasteiger partial charge in [-0.2, -0.15) is 0 Å². The smallest absolute Gasteiger partial charge is 0.0963 e. The van der Waals surface area contributed by atoms with E-state index in [-0.39, 0.29) is 6.04 Å². The van der Waals surface area contributed by atoms with Crippen LogP contribution in [0.3, 0.4) is 0 Å². The van der Waals surface area contributed by atoms with Gasteiger partial charge in [0, 0.05) is 29.4 Å². The second kappa shape index (κ2) is 5.90. The van der Waals surface area contributed by atoms with Crippen LogP contribution in [0.15, 0.2) is 36.7 Å². The van der Waals surface area contributed by atoms with Gasteiger partial charge in [-0.05, 0) is 30.7 Å². The van der Waals surface area contributed by atoms with Crippen LogP contribution in [-0.2, 0) is 0 Å². The number of piperidine rings is 1. The molecule has 2 aromatic rings. The van der Waals surface area contributed by atoms with Crippen molar-refractivity contribution in [2.24, 2.45) is 5.92 Å². The van der Waals surface area contributed by atoms with Gasteiger partial charge in [0.05, 0.1) is 6.10 Å². The first kappa shape index (κ1) is 13.5. The molecule has 3 rings (SSSR count). The molecular formula is C17H22N2O. The summed E-state index contributed by atoms with van der Waals surface area (Å²) in [5.41, 5.74) is 0.942. The van der Waals surface area contributed by atoms with Crippen LogP contribution < -0.4 is 5.32 Å². The summed E-state index contributed by atoms with van der Waals surface area (Å²) in [6.07, 6.45) is 6.63. The number of fused-ring (bicyclic) bond motifs is 1. The number of nitrogens with one attached hydrogen (secondary N) is 1. The number of nitrogens with zero attached hydrogens (tertiary/aromatic N) is 1. The predicted octanol–water partition coefficient (Wildman–Crippen LogP) is 3.05. The Morgan fingerprint density at radius 3 is 3.05 bits per heavy atom. The molecular weight excluding hydrogens is 248 g/mol. The van der Waals surface area contributed by atoms with Crippen LogP contribution in [0.25, 0.3) is 10.8 Å². The number of benzene rings is 1. The fourth-order valence-corrected chi connectivity index (χ4v) is 3.24. The lowest BCUT2D eigenvalue weighted by atomic mass is 9.85. The van der Waals surface area contributed by atoms with E-state index in [1.54, 1.807) is 0 Å². The SMILES string of the molecule is CCC1CCNC(C(O)c2cncc3ccccc23)C1. The van der Waals surface area contributed by atoms with Crippen molar-refractivity contribution in [1.29, 1.82) is 0 Å². The third-order valence-corrected chi connectivity index (χ3v) is 4.52. The normalized spacial score (nSPS) is 24.7. The Morgan fingerprint density at radius 2 is 2.20 bits per heavy atom. The number of rotatable bonds is 3. The first-order valence-electron chi connectivity index (χ1n) is 7.53. The Kier molecular flexibility index (Phi) is 3.99. The molecule has 2 N–H and O–H groups in total. The third kappa shape index (κ3) is 2.56. The van der Waals surface area contributed by atoms with E-state index in [9.17, 15) is 5.11 Å². The van der Waals surface area contributed by atoms with E-state index in [2.05, 4.69) is 23.3 Å². The quantitative estimate of drug-likeness (QED) is 0.901. The molecule has 0 radical (unpaired) electrons. The molecule has 20 heavy (non-hydrogen) atoms. The van der Waals surface area contributed by atoms with Gasteiger partial charge >= 0.3 is 0 Å². The zero-order valence-electron chi connectivity index (χ0n) is 11.9. The van der Waals surface area contributed by atoms with E-state index in [0.717, 1.165) is 35.2 Å². The van der Waals surface area contributed by atoms with Crippen molar-refractivity contribution < 1.29 is 5.11 Å². The highest BCUT2D eigenvalue weighted by Gasteiger charge is 2.28. The Labute approximate surface area is 120 Å². The van der Waals surface area contributed by atoms with Crippen LogP contribution in [0.2, 0.25) is 0 Å². The molecule has 3 atom stereocenters. The lowest BCUT2D eigenvalue weighted by Gasteiger charge is -2.33. The van der Waals surface area contributed by atoms with Gasteiger partial charge in [-0.15, -0.1) is 0 Å². The lowest BCUT2D eigenvalue weighted by Crippen LogP contribution is -2.42. The summed E-state index contributed by atoms with van der Waals surface area (Å²) in [6.45, 7) is 3.23. The summed E-state index contributed by atoms with van der Waals surface area (Å²) in [4.78, 5) is 4.28. The molecule has 1 fully saturated rings. The Bertz CT molecular complexity index is 579. The van der Waals surface area contributed by atoms with Gasteiger partial charge in [-0.3, -0.25) is 4.98 Å². The molecule has 1 saturated heterocycles. The molecule has 0 amide bonds. The average Bonchev–Trinajstić information content (AvgIpc) is 2.53. The zero-order valence-corrected chi connectivity index (χ0v) is 11.9. The van der Waals surface area contributed by atoms with Gasteiger partial charge in [0.25, 0.3) is 0 Å². The van der Waals surface area contributed by atoms with Gasteiger partial charge in [0.1, 0.15) is 0 Å². The summed E-state index contributed by atoms with van der Waals surface area (Å²) in [5.74, 6) is 0.721. The number of aliphatic hydroxyl groups is 1. The van der Waals surface area contributed by atoms with E-state index >= 15 is 0 Å². The molecule has 1 aliphatic rings. The van der Waals surface area contributed by atoms with E-state index in [1.807, 2.05) is 30.6 Å². The molecule has 106 valence electrons. The molecule has 0 saturated carbocycles. The largest absolute Gasteiger partial charge is 0.387 e. The maximum Gasteiger partial charge on any atom is 0.0963 e. The number of aliphatic hydroxyl groups excluding tert-OH is 1. The highest BCUT2D eigenvalue weighted by molar-refractivity contribution is 5.85. The van der Waals surface area contributed by atoms with Gasteiger partial charge in [0.2, 0.25) is 0 Å². The first-order chi connectivity index (χ1) is 9.79. The van der Waals surface area contributed by atoms with E-state index < -0.39 is 6.10 Å². The zero-order chi connectivity index (χ0) is 13.9. The average molecular weight is 270 g/mol. The molecule has 1 aliphatic heterocycles. The van der Waals surface area contributed by atoms with Crippen molar-refractivity contribution in [3.05, 3.63) is 42.2 Å². The molecule has 3 heteroatoms. The minimum absolute atomic E-state index is 0.140. The van der Waals surface area contributed by atoms with Gasteiger partial charge in [0.15, 0.2) is 0 Å². The maximum absolute atomic E-state index is 10.8. The van der Waals surface area contributed by atoms with Gasteiger partial charge < -0.3 is 10.4 Å². The summed E-state index contributed by atoms with van der Waals surface area (Å²) < 4.78 is 0. The molecule has 3 unspecified atom stereocenters. The van der Waals surface area contributed by atoms with Crippen molar-refractivity contribution in [3.8, 4) is 0 Å². The van der Waals surface area contributed by atoms with Crippen LogP contribution in [0.1, 0.15) is 37.9 Å². The summed E-state index contributed by atoms with van der Waals surface area (Å²) in [7, 11) is 0. The Morgan fingerprint density at radius 1 is 1.35 bits per heavy atom. The predicted molar refractivity (Wildman–Crippen MR) is 81.5 cm³/mol. The summed E-state index contributed by atoms with van der Waals surface area (Å²) in [5, 5.41) is 16.4. The van der Waals surface area contributed by atoms with E-state index in [1.165, 1.54) is 12.8 Å². The minimum atomic E-state index is -0.483. The van der Waals surface area contributed by atoms with Crippen molar-refractivity contribution in [2.75, 3.05) is 6.54 Å². The van der Waals surface area contributed by atoms with E-state index in [4.69, 9.17) is 0 Å². The molecule has 1 aromatic carbocycles. The number of pyridine rings is 1. The van der Waals surface area contributed by atoms with Crippen molar-refractivity contribution in [3.63, 3.8) is 0 Å². The van der Waals surface area contributed by atoms with Crippen LogP contribution in [0, 0.1) is 5.92 Å². The summed E-state index contributed by atoms with van der Waals surface area (Å²) >= 11 is 0. The molecule has 0 aliphatic carbocycles. The summed E-state index contributed by atoms with van der Waals surface area (Å²) in [6, 6.07) is 8.27. The first-order valence-corrected chi connectivity index (χ1v) is 7.53. The van der Waals surface area contributed by atoms with Crippen LogP contribution in [0.4, 0.5) is 0 Å². The third-order valence-electron chi connectivity index (χ3n) is 4.52. The monoisotopic (exact) mass is 270 g/mol. The molecule has 3 nitrogen and oxygen atoms in total. The number of hydrogen-bond donors (Lipinski definition) is 2. The van der Waals surface area contributed by atoms with Gasteiger partial charge in [-0.1, -0.05) is 37.6 Å². The topological polar surface area (TPSA) is 45.1 Å². The van der Waals surface area contributed by atoms with Crippen LogP contribution in [0.5, 0.6) is 0 Å². The Balaban J connectivity index is 1.90. The number of hydrogen-bond acceptors (Lipinski definition) is 3. The highest BCUT2D eigenvalue weighted by atomic mass is 16.3. The Hall–Kier alpha value is -1.45. The molecule has 1 aromatic heterocycles. The second-order valence-electron chi connectivity index (χ2n) is 5.75. The van der Waals surface area contributed by atoms with Crippen LogP contribution >= 0.6 is 0 Å². The minimum Gasteiger partial charge on any atom is -0.387 e. The molecule has 0 bridgehead atoms. The highest BCUT2D eigenvalue weighted by Crippen LogP contribution is 2.30. The number of aromatic nitrogens is 1. The molecule has 2 heterocycles. The maximum atomic E-state index is 10.8. The standard InChI is InChI=1S/C17H22N2O/c1-2-12-7-8-19-16(9-12)17(20)15-11-18-10-13-5-3-4-6-14(13)15/h3-6,10-12,16-17,19-20H,2,7-9H2,1H3.